The number of nitrogens with one attached hydrogen (secondary N) is 1. The molecule has 0 atom stereocenters. The molecule has 3 heterocycles. The number of para-hydroxylation sites is 1. The van der Waals surface area contributed by atoms with Gasteiger partial charge in [-0.05, 0) is 37.3 Å². The lowest BCUT2D eigenvalue weighted by Gasteiger charge is -2.07. The molecule has 6 nitrogen and oxygen atoms in total. The number of hydrogen-bond acceptors (Lipinski definition) is 4. The number of amides is 1. The van der Waals surface area contributed by atoms with Crippen LogP contribution in [-0.2, 0) is 0 Å². The fraction of sp³-hybridized carbons (Fsp3) is 0.0526. The molecule has 26 heavy (non-hydrogen) atoms. The number of aromatic nitrogens is 4. The molecule has 0 spiro atoms. The number of nitrogens with zero attached hydrogens (tertiary/aromatic N) is 4. The molecule has 4 aromatic rings. The highest BCUT2D eigenvalue weighted by atomic mass is 35.5. The molecule has 3 aromatic heterocycles. The molecule has 1 N–H and O–H groups in total. The van der Waals surface area contributed by atoms with Crippen molar-refractivity contribution >= 4 is 28.8 Å². The second kappa shape index (κ2) is 6.57. The van der Waals surface area contributed by atoms with Crippen LogP contribution in [0.1, 0.15) is 16.2 Å². The third-order valence-electron chi connectivity index (χ3n) is 3.89. The Bertz CT molecular complexity index is 1110. The Kier molecular flexibility index (Phi) is 4.10. The highest BCUT2D eigenvalue weighted by molar-refractivity contribution is 6.33. The van der Waals surface area contributed by atoms with E-state index in [-0.39, 0.29) is 5.91 Å². The number of carbonyl (C=O) groups is 1. The van der Waals surface area contributed by atoms with E-state index >= 15 is 0 Å². The highest BCUT2D eigenvalue weighted by Crippen LogP contribution is 2.22. The summed E-state index contributed by atoms with van der Waals surface area (Å²) in [5, 5.41) is 7.77. The van der Waals surface area contributed by atoms with Gasteiger partial charge in [0.2, 0.25) is 0 Å². The standard InChI is InChI=1S/C19H14ClN5O/c1-12-10-17(19(26)23-14-7-3-2-6-13(14)20)22-18-11-16(24-25(12)18)15-8-4-5-9-21-15/h2-11H,1H3,(H,23,26). The van der Waals surface area contributed by atoms with Gasteiger partial charge in [-0.25, -0.2) is 9.50 Å². The van der Waals surface area contributed by atoms with Crippen LogP contribution in [0.2, 0.25) is 5.02 Å². The van der Waals surface area contributed by atoms with E-state index in [0.29, 0.717) is 27.7 Å². The summed E-state index contributed by atoms with van der Waals surface area (Å²) in [5.74, 6) is -0.329. The molecule has 0 fully saturated rings. The zero-order chi connectivity index (χ0) is 18.1. The Morgan fingerprint density at radius 1 is 1.08 bits per heavy atom. The fourth-order valence-electron chi connectivity index (χ4n) is 2.63. The first-order valence-electron chi connectivity index (χ1n) is 7.96. The average molecular weight is 364 g/mol. The van der Waals surface area contributed by atoms with E-state index in [4.69, 9.17) is 11.6 Å². The number of fused-ring (bicyclic) bond motifs is 1. The molecule has 4 rings (SSSR count). The minimum Gasteiger partial charge on any atom is -0.319 e. The number of rotatable bonds is 3. The normalized spacial score (nSPS) is 10.8. The van der Waals surface area contributed by atoms with Gasteiger partial charge < -0.3 is 5.32 Å². The van der Waals surface area contributed by atoms with Crippen molar-refractivity contribution in [1.29, 1.82) is 0 Å². The maximum Gasteiger partial charge on any atom is 0.274 e. The van der Waals surface area contributed by atoms with Crippen molar-refractivity contribution in [3.05, 3.63) is 77.2 Å². The van der Waals surface area contributed by atoms with E-state index in [0.717, 1.165) is 11.4 Å². The quantitative estimate of drug-likeness (QED) is 0.597. The van der Waals surface area contributed by atoms with Crippen LogP contribution in [0.4, 0.5) is 5.69 Å². The molecule has 128 valence electrons. The van der Waals surface area contributed by atoms with Gasteiger partial charge in [0.05, 0.1) is 16.4 Å². The van der Waals surface area contributed by atoms with Gasteiger partial charge in [-0.2, -0.15) is 5.10 Å². The first kappa shape index (κ1) is 16.2. The van der Waals surface area contributed by atoms with Gasteiger partial charge in [0, 0.05) is 18.0 Å². The van der Waals surface area contributed by atoms with Gasteiger partial charge in [0.1, 0.15) is 11.4 Å². The Balaban J connectivity index is 1.70. The smallest absolute Gasteiger partial charge is 0.274 e. The summed E-state index contributed by atoms with van der Waals surface area (Å²) >= 11 is 6.10. The van der Waals surface area contributed by atoms with Gasteiger partial charge in [-0.15, -0.1) is 0 Å². The number of hydrogen-bond donors (Lipinski definition) is 1. The van der Waals surface area contributed by atoms with Crippen molar-refractivity contribution in [3.8, 4) is 11.4 Å². The summed E-state index contributed by atoms with van der Waals surface area (Å²) in [5.41, 5.74) is 3.66. The molecule has 0 aliphatic carbocycles. The van der Waals surface area contributed by atoms with Crippen LogP contribution in [0.15, 0.2) is 60.8 Å². The van der Waals surface area contributed by atoms with E-state index in [1.807, 2.05) is 31.2 Å². The number of benzene rings is 1. The van der Waals surface area contributed by atoms with Gasteiger partial charge in [-0.3, -0.25) is 9.78 Å². The zero-order valence-corrected chi connectivity index (χ0v) is 14.6. The summed E-state index contributed by atoms with van der Waals surface area (Å²) in [7, 11) is 0. The molecular weight excluding hydrogens is 350 g/mol. The topological polar surface area (TPSA) is 72.2 Å². The largest absolute Gasteiger partial charge is 0.319 e. The summed E-state index contributed by atoms with van der Waals surface area (Å²) in [4.78, 5) is 21.3. The van der Waals surface area contributed by atoms with Crippen LogP contribution in [0.3, 0.4) is 0 Å². The lowest BCUT2D eigenvalue weighted by Crippen LogP contribution is -2.15. The number of aryl methyl sites for hydroxylation is 1. The number of anilines is 1. The van der Waals surface area contributed by atoms with Crippen LogP contribution in [0.25, 0.3) is 17.0 Å². The highest BCUT2D eigenvalue weighted by Gasteiger charge is 2.14. The third-order valence-corrected chi connectivity index (χ3v) is 4.22. The molecular formula is C19H14ClN5O. The van der Waals surface area contributed by atoms with Crippen LogP contribution in [0.5, 0.6) is 0 Å². The van der Waals surface area contributed by atoms with Crippen molar-refractivity contribution in [2.24, 2.45) is 0 Å². The first-order valence-corrected chi connectivity index (χ1v) is 8.34. The predicted molar refractivity (Wildman–Crippen MR) is 100 cm³/mol. The maximum absolute atomic E-state index is 12.6. The van der Waals surface area contributed by atoms with E-state index in [1.165, 1.54) is 0 Å². The van der Waals surface area contributed by atoms with Gasteiger partial charge in [-0.1, -0.05) is 29.8 Å². The lowest BCUT2D eigenvalue weighted by atomic mass is 10.2. The SMILES string of the molecule is Cc1cc(C(=O)Nc2ccccc2Cl)nc2cc(-c3ccccn3)nn12. The van der Waals surface area contributed by atoms with Gasteiger partial charge in [0.15, 0.2) is 5.65 Å². The Hall–Kier alpha value is -3.25. The molecule has 0 saturated carbocycles. The van der Waals surface area contributed by atoms with Gasteiger partial charge >= 0.3 is 0 Å². The second-order valence-corrected chi connectivity index (χ2v) is 6.14. The molecule has 0 aliphatic heterocycles. The van der Waals surface area contributed by atoms with E-state index in [1.54, 1.807) is 41.0 Å². The van der Waals surface area contributed by atoms with Crippen molar-refractivity contribution in [3.63, 3.8) is 0 Å². The van der Waals surface area contributed by atoms with Crippen LogP contribution < -0.4 is 5.32 Å². The van der Waals surface area contributed by atoms with Crippen LogP contribution >= 0.6 is 11.6 Å². The Morgan fingerprint density at radius 3 is 2.65 bits per heavy atom. The molecule has 0 saturated heterocycles. The number of halogens is 1. The van der Waals surface area contributed by atoms with Crippen molar-refractivity contribution in [1.82, 2.24) is 19.6 Å². The first-order chi connectivity index (χ1) is 12.6. The maximum atomic E-state index is 12.6. The van der Waals surface area contributed by atoms with Crippen LogP contribution in [-0.4, -0.2) is 25.5 Å². The van der Waals surface area contributed by atoms with Crippen molar-refractivity contribution in [2.75, 3.05) is 5.32 Å². The summed E-state index contributed by atoms with van der Waals surface area (Å²) in [6, 6.07) is 16.2. The fourth-order valence-corrected chi connectivity index (χ4v) is 2.81. The molecule has 0 unspecified atom stereocenters. The third kappa shape index (κ3) is 3.02. The average Bonchev–Trinajstić information content (AvgIpc) is 3.09. The Morgan fingerprint density at radius 2 is 1.88 bits per heavy atom. The monoisotopic (exact) mass is 363 g/mol. The Labute approximate surface area is 154 Å². The minimum atomic E-state index is -0.329. The lowest BCUT2D eigenvalue weighted by molar-refractivity contribution is 0.102. The molecule has 1 aromatic carbocycles. The zero-order valence-electron chi connectivity index (χ0n) is 13.8. The van der Waals surface area contributed by atoms with E-state index < -0.39 is 0 Å². The summed E-state index contributed by atoms with van der Waals surface area (Å²) < 4.78 is 1.69. The molecule has 0 bridgehead atoms. The number of pyridine rings is 1. The molecule has 0 aliphatic rings. The van der Waals surface area contributed by atoms with E-state index in [9.17, 15) is 4.79 Å². The molecule has 1 amide bonds. The minimum absolute atomic E-state index is 0.294. The second-order valence-electron chi connectivity index (χ2n) is 5.73. The van der Waals surface area contributed by atoms with Gasteiger partial charge in [0.25, 0.3) is 5.91 Å². The number of carbonyl (C=O) groups excluding carboxylic acids is 1. The molecule has 7 heteroatoms. The van der Waals surface area contributed by atoms with Crippen molar-refractivity contribution < 1.29 is 4.79 Å². The van der Waals surface area contributed by atoms with Crippen LogP contribution in [0, 0.1) is 6.92 Å². The summed E-state index contributed by atoms with van der Waals surface area (Å²) in [6.07, 6.45) is 1.71. The van der Waals surface area contributed by atoms with E-state index in [2.05, 4.69) is 20.4 Å². The predicted octanol–water partition coefficient (Wildman–Crippen LogP) is 4.01. The molecule has 0 radical (unpaired) electrons. The summed E-state index contributed by atoms with van der Waals surface area (Å²) in [6.45, 7) is 1.87. The van der Waals surface area contributed by atoms with Crippen molar-refractivity contribution in [2.45, 2.75) is 6.92 Å².